The van der Waals surface area contributed by atoms with E-state index in [1.165, 1.54) is 0 Å². The summed E-state index contributed by atoms with van der Waals surface area (Å²) in [4.78, 5) is 13.0. The van der Waals surface area contributed by atoms with Gasteiger partial charge in [0.25, 0.3) is 0 Å². The molecule has 0 bridgehead atoms. The van der Waals surface area contributed by atoms with Crippen molar-refractivity contribution in [3.8, 4) is 0 Å². The second-order valence-corrected chi connectivity index (χ2v) is 11.0. The Balaban J connectivity index is 1.50. The van der Waals surface area contributed by atoms with Gasteiger partial charge in [-0.1, -0.05) is 0 Å². The van der Waals surface area contributed by atoms with Crippen molar-refractivity contribution < 1.29 is 69.0 Å². The molecule has 0 aromatic heterocycles. The highest BCUT2D eigenvalue weighted by Gasteiger charge is 2.54. The van der Waals surface area contributed by atoms with Crippen molar-refractivity contribution in [2.75, 3.05) is 19.7 Å². The van der Waals surface area contributed by atoms with Crippen molar-refractivity contribution in [3.05, 3.63) is 0 Å². The molecule has 0 spiro atoms. The lowest BCUT2D eigenvalue weighted by atomic mass is 9.86. The third-order valence-electron chi connectivity index (χ3n) is 8.12. The number of ketones is 1. The minimum Gasteiger partial charge on any atom is -0.394 e. The van der Waals surface area contributed by atoms with Crippen LogP contribution in [0.1, 0.15) is 6.42 Å². The third-order valence-corrected chi connectivity index (χ3v) is 8.12. The molecule has 17 N–H and O–H groups in total. The number of aliphatic hydroxyl groups excluding tert-OH is 7. The minimum atomic E-state index is -1.67. The average Bonchev–Trinajstić information content (AvgIpc) is 3.27. The number of nitrogens with two attached hydrogens (primary N) is 5. The number of carbonyl (C=O) groups excluding carboxylic acids is 1. The Kier molecular flexibility index (Phi) is 11.2. The predicted octanol–water partition coefficient (Wildman–Crippen LogP) is -8.65. The highest BCUT2D eigenvalue weighted by atomic mass is 16.8. The highest BCUT2D eigenvalue weighted by Crippen LogP contribution is 2.33. The maximum Gasteiger partial charge on any atom is 0.187 e. The van der Waals surface area contributed by atoms with E-state index in [1.54, 1.807) is 0 Å². The molecular weight excluding hydrogens is 570 g/mol. The van der Waals surface area contributed by atoms with Crippen LogP contribution in [0.3, 0.4) is 0 Å². The first-order valence-electron chi connectivity index (χ1n) is 13.7. The van der Waals surface area contributed by atoms with E-state index in [1.807, 2.05) is 0 Å². The molecule has 3 heterocycles. The molecule has 42 heavy (non-hydrogen) atoms. The van der Waals surface area contributed by atoms with Crippen LogP contribution in [0.15, 0.2) is 0 Å². The Morgan fingerprint density at radius 2 is 1.12 bits per heavy atom. The van der Waals surface area contributed by atoms with Crippen molar-refractivity contribution >= 4 is 5.78 Å². The second-order valence-electron chi connectivity index (χ2n) is 11.0. The van der Waals surface area contributed by atoms with Crippen LogP contribution in [0.4, 0.5) is 0 Å². The normalized spacial score (nSPS) is 52.0. The van der Waals surface area contributed by atoms with Crippen molar-refractivity contribution in [2.24, 2.45) is 28.7 Å². The van der Waals surface area contributed by atoms with Gasteiger partial charge in [0.05, 0.1) is 24.8 Å². The number of hydrogen-bond acceptors (Lipinski definition) is 19. The molecule has 1 aliphatic carbocycles. The van der Waals surface area contributed by atoms with Crippen molar-refractivity contribution in [2.45, 2.75) is 117 Å². The first-order chi connectivity index (χ1) is 19.8. The van der Waals surface area contributed by atoms with Crippen molar-refractivity contribution in [1.29, 1.82) is 0 Å². The lowest BCUT2D eigenvalue weighted by Gasteiger charge is -2.44. The van der Waals surface area contributed by atoms with E-state index in [0.717, 1.165) is 0 Å². The molecule has 4 rings (SSSR count). The van der Waals surface area contributed by atoms with Crippen LogP contribution >= 0.6 is 0 Å². The molecule has 3 aliphatic heterocycles. The number of carbonyl (C=O) groups is 1. The van der Waals surface area contributed by atoms with Crippen LogP contribution in [-0.2, 0) is 33.2 Å². The lowest BCUT2D eigenvalue weighted by molar-refractivity contribution is -0.297. The third kappa shape index (κ3) is 6.49. The van der Waals surface area contributed by atoms with E-state index >= 15 is 0 Å². The monoisotopic (exact) mass is 613 g/mol. The SMILES string of the molecule is NC[C@@H]1O[C@H](O[C@H]2[C@@H](O)[C@H](O[C@@H]3[C@@H](O)[C@H](N)CC(=O)[C@H]3O[C@H]3O[C@H](CN)[C@@H](O)[C@H](O)[C@H]3N)O[C@@H]2CO)[C@H](N)[C@@H](O)[C@@H]1O. The quantitative estimate of drug-likeness (QED) is 0.115. The highest BCUT2D eigenvalue weighted by molar-refractivity contribution is 5.85. The summed E-state index contributed by atoms with van der Waals surface area (Å²) in [5.74, 6) is -0.626. The van der Waals surface area contributed by atoms with Gasteiger partial charge in [0.1, 0.15) is 67.1 Å². The van der Waals surface area contributed by atoms with Gasteiger partial charge in [-0.2, -0.15) is 0 Å². The maximum absolute atomic E-state index is 13.0. The molecule has 1 saturated carbocycles. The average molecular weight is 614 g/mol. The fraction of sp³-hybridized carbons (Fsp3) is 0.957. The summed E-state index contributed by atoms with van der Waals surface area (Å²) in [6.07, 6.45) is -21.7. The van der Waals surface area contributed by atoms with Gasteiger partial charge in [-0.3, -0.25) is 4.79 Å². The number of ether oxygens (including phenoxy) is 6. The standard InChI is InChI=1S/C23H43N5O14/c24-2-7-13(32)15(34)10(27)21(37-7)40-18-6(30)1-5(26)12(31)20(18)42-23-17(36)19(9(4-29)39-23)41-22-11(28)16(35)14(33)8(3-25)38-22/h5,7-23,29,31-36H,1-4,24-28H2/t5-,7-,8+,9-,10-,11-,12+,13-,14-,15-,16-,17-,18-,19-,20-,21-,22-,23+/m1/s1. The van der Waals surface area contributed by atoms with Gasteiger partial charge in [-0.15, -0.1) is 0 Å². The molecule has 19 nitrogen and oxygen atoms in total. The molecule has 19 heteroatoms. The Bertz CT molecular complexity index is 908. The van der Waals surface area contributed by atoms with E-state index in [2.05, 4.69) is 0 Å². The largest absolute Gasteiger partial charge is 0.394 e. The summed E-state index contributed by atoms with van der Waals surface area (Å²) >= 11 is 0. The molecule has 0 unspecified atom stereocenters. The van der Waals surface area contributed by atoms with E-state index in [9.17, 15) is 40.5 Å². The molecule has 4 aliphatic rings. The fourth-order valence-corrected chi connectivity index (χ4v) is 5.51. The van der Waals surface area contributed by atoms with Crippen molar-refractivity contribution in [1.82, 2.24) is 0 Å². The first kappa shape index (κ1) is 33.8. The van der Waals surface area contributed by atoms with Gasteiger partial charge >= 0.3 is 0 Å². The van der Waals surface area contributed by atoms with Crippen LogP contribution in [0, 0.1) is 0 Å². The van der Waals surface area contributed by atoms with Crippen LogP contribution in [0.2, 0.25) is 0 Å². The Hall–Kier alpha value is -1.05. The summed E-state index contributed by atoms with van der Waals surface area (Å²) in [5.41, 5.74) is 29.0. The molecular formula is C23H43N5O14. The van der Waals surface area contributed by atoms with Gasteiger partial charge in [-0.25, -0.2) is 0 Å². The second kappa shape index (κ2) is 13.9. The summed E-state index contributed by atoms with van der Waals surface area (Å²) in [6.45, 7) is -1.08. The van der Waals surface area contributed by atoms with E-state index in [4.69, 9.17) is 57.1 Å². The molecule has 4 fully saturated rings. The predicted molar refractivity (Wildman–Crippen MR) is 135 cm³/mol. The molecule has 3 saturated heterocycles. The Labute approximate surface area is 240 Å². The molecule has 0 aromatic rings. The van der Waals surface area contributed by atoms with Gasteiger partial charge in [0.2, 0.25) is 0 Å². The minimum absolute atomic E-state index is 0.185. The van der Waals surface area contributed by atoms with Crippen LogP contribution in [0.25, 0.3) is 0 Å². The summed E-state index contributed by atoms with van der Waals surface area (Å²) in [6, 6.07) is -3.69. The van der Waals surface area contributed by atoms with Gasteiger partial charge in [0, 0.05) is 25.6 Å². The zero-order valence-corrected chi connectivity index (χ0v) is 22.6. The number of Topliss-reactive ketones (excluding diaryl/α,β-unsaturated/α-hetero) is 1. The smallest absolute Gasteiger partial charge is 0.187 e. The van der Waals surface area contributed by atoms with E-state index in [-0.39, 0.29) is 19.5 Å². The summed E-state index contributed by atoms with van der Waals surface area (Å²) < 4.78 is 34.0. The van der Waals surface area contributed by atoms with Gasteiger partial charge < -0.3 is 92.8 Å². The lowest BCUT2D eigenvalue weighted by Crippen LogP contribution is -2.66. The molecule has 0 radical (unpaired) electrons. The zero-order valence-electron chi connectivity index (χ0n) is 22.6. The zero-order chi connectivity index (χ0) is 31.0. The van der Waals surface area contributed by atoms with E-state index < -0.39 is 123 Å². The number of rotatable bonds is 9. The molecule has 0 aromatic carbocycles. The van der Waals surface area contributed by atoms with E-state index in [0.29, 0.717) is 0 Å². The topological polar surface area (TPSA) is 344 Å². The Morgan fingerprint density at radius 3 is 1.62 bits per heavy atom. The number of aliphatic hydroxyl groups is 7. The van der Waals surface area contributed by atoms with Crippen LogP contribution in [0.5, 0.6) is 0 Å². The summed E-state index contributed by atoms with van der Waals surface area (Å²) in [7, 11) is 0. The summed E-state index contributed by atoms with van der Waals surface area (Å²) in [5, 5.41) is 72.7. The first-order valence-corrected chi connectivity index (χ1v) is 13.7. The molecule has 244 valence electrons. The van der Waals surface area contributed by atoms with Crippen LogP contribution < -0.4 is 28.7 Å². The van der Waals surface area contributed by atoms with Crippen LogP contribution in [-0.4, -0.2) is 171 Å². The number of hydrogen-bond donors (Lipinski definition) is 12. The maximum atomic E-state index is 13.0. The van der Waals surface area contributed by atoms with Gasteiger partial charge in [-0.05, 0) is 0 Å². The fourth-order valence-electron chi connectivity index (χ4n) is 5.51. The molecule has 0 amide bonds. The molecule has 18 atom stereocenters. The van der Waals surface area contributed by atoms with Crippen molar-refractivity contribution in [3.63, 3.8) is 0 Å². The van der Waals surface area contributed by atoms with Gasteiger partial charge in [0.15, 0.2) is 24.7 Å². The Morgan fingerprint density at radius 1 is 0.643 bits per heavy atom.